The number of nitrogens with zero attached hydrogens (tertiary/aromatic N) is 2. The molecule has 0 spiro atoms. The summed E-state index contributed by atoms with van der Waals surface area (Å²) in [6.07, 6.45) is 2.45. The average molecular weight is 302 g/mol. The monoisotopic (exact) mass is 302 g/mol. The summed E-state index contributed by atoms with van der Waals surface area (Å²) in [6, 6.07) is 8.28. The van der Waals surface area contributed by atoms with Crippen LogP contribution < -0.4 is 4.90 Å². The molecule has 1 heterocycles. The number of likely N-dealkylation sites (tertiary alicyclic amines) is 1. The van der Waals surface area contributed by atoms with E-state index < -0.39 is 0 Å². The number of esters is 1. The Kier molecular flexibility index (Phi) is 4.05. The van der Waals surface area contributed by atoms with E-state index in [0.29, 0.717) is 19.0 Å². The van der Waals surface area contributed by atoms with Crippen LogP contribution in [0.25, 0.3) is 0 Å². The predicted molar refractivity (Wildman–Crippen MR) is 83.4 cm³/mol. The molecule has 1 aromatic carbocycles. The Hall–Kier alpha value is -2.04. The molecule has 0 aromatic heterocycles. The molecule has 1 saturated carbocycles. The summed E-state index contributed by atoms with van der Waals surface area (Å²) >= 11 is 0. The first kappa shape index (κ1) is 14.9. The fourth-order valence-corrected chi connectivity index (χ4v) is 2.83. The van der Waals surface area contributed by atoms with Crippen molar-refractivity contribution >= 4 is 17.6 Å². The number of hydrogen-bond acceptors (Lipinski definition) is 4. The molecule has 1 aliphatic heterocycles. The molecule has 1 saturated heterocycles. The van der Waals surface area contributed by atoms with E-state index in [1.807, 2.05) is 48.2 Å². The van der Waals surface area contributed by atoms with Crippen LogP contribution in [0.5, 0.6) is 0 Å². The molecule has 5 heteroatoms. The zero-order valence-electron chi connectivity index (χ0n) is 13.1. The van der Waals surface area contributed by atoms with E-state index in [0.717, 1.165) is 24.1 Å². The molecular weight excluding hydrogens is 280 g/mol. The van der Waals surface area contributed by atoms with Crippen LogP contribution in [-0.2, 0) is 20.9 Å². The molecule has 1 aliphatic carbocycles. The predicted octanol–water partition coefficient (Wildman–Crippen LogP) is 1.81. The molecule has 0 unspecified atom stereocenters. The van der Waals surface area contributed by atoms with Crippen molar-refractivity contribution < 1.29 is 14.3 Å². The van der Waals surface area contributed by atoms with Gasteiger partial charge >= 0.3 is 5.97 Å². The van der Waals surface area contributed by atoms with Crippen LogP contribution >= 0.6 is 0 Å². The Morgan fingerprint density at radius 1 is 1.36 bits per heavy atom. The van der Waals surface area contributed by atoms with Crippen LogP contribution in [0.15, 0.2) is 24.3 Å². The Morgan fingerprint density at radius 2 is 2.14 bits per heavy atom. The molecule has 5 nitrogen and oxygen atoms in total. The van der Waals surface area contributed by atoms with Crippen molar-refractivity contribution in [1.82, 2.24) is 4.90 Å². The molecule has 0 N–H and O–H groups in total. The van der Waals surface area contributed by atoms with Crippen LogP contribution in [0.2, 0.25) is 0 Å². The third kappa shape index (κ3) is 3.24. The summed E-state index contributed by atoms with van der Waals surface area (Å²) in [5.41, 5.74) is 2.03. The minimum Gasteiger partial charge on any atom is -0.461 e. The van der Waals surface area contributed by atoms with E-state index in [9.17, 15) is 9.59 Å². The summed E-state index contributed by atoms with van der Waals surface area (Å²) in [7, 11) is 3.95. The summed E-state index contributed by atoms with van der Waals surface area (Å²) in [5.74, 6) is -0.462. The lowest BCUT2D eigenvalue weighted by atomic mass is 10.1. The fourth-order valence-electron chi connectivity index (χ4n) is 2.83. The number of carbonyl (C=O) groups excluding carboxylic acids is 2. The van der Waals surface area contributed by atoms with Crippen LogP contribution in [0.4, 0.5) is 5.69 Å². The number of benzene rings is 1. The van der Waals surface area contributed by atoms with Gasteiger partial charge in [0.1, 0.15) is 6.61 Å². The van der Waals surface area contributed by atoms with Crippen LogP contribution in [0.3, 0.4) is 0 Å². The molecule has 0 radical (unpaired) electrons. The fraction of sp³-hybridized carbons (Fsp3) is 0.529. The van der Waals surface area contributed by atoms with Crippen molar-refractivity contribution in [2.24, 2.45) is 5.92 Å². The number of amides is 1. The summed E-state index contributed by atoms with van der Waals surface area (Å²) in [4.78, 5) is 27.9. The summed E-state index contributed by atoms with van der Waals surface area (Å²) in [5, 5.41) is 0. The number of rotatable bonds is 5. The normalized spacial score (nSPS) is 21.1. The number of ether oxygens (including phenoxy) is 1. The molecule has 118 valence electrons. The van der Waals surface area contributed by atoms with Crippen molar-refractivity contribution in [1.29, 1.82) is 0 Å². The maximum Gasteiger partial charge on any atom is 0.311 e. The van der Waals surface area contributed by atoms with Crippen molar-refractivity contribution in [3.05, 3.63) is 29.8 Å². The van der Waals surface area contributed by atoms with E-state index in [4.69, 9.17) is 4.74 Å². The Balaban J connectivity index is 1.54. The van der Waals surface area contributed by atoms with E-state index in [1.165, 1.54) is 0 Å². The highest BCUT2D eigenvalue weighted by molar-refractivity contribution is 5.87. The largest absolute Gasteiger partial charge is 0.461 e. The minimum atomic E-state index is -0.301. The quantitative estimate of drug-likeness (QED) is 0.778. The zero-order chi connectivity index (χ0) is 15.7. The Labute approximate surface area is 130 Å². The van der Waals surface area contributed by atoms with Gasteiger partial charge in [0.15, 0.2) is 0 Å². The zero-order valence-corrected chi connectivity index (χ0v) is 13.1. The first-order chi connectivity index (χ1) is 10.5. The highest BCUT2D eigenvalue weighted by Crippen LogP contribution is 2.33. The van der Waals surface area contributed by atoms with Gasteiger partial charge in [-0.2, -0.15) is 0 Å². The van der Waals surface area contributed by atoms with Crippen LogP contribution in [-0.4, -0.2) is 43.5 Å². The van der Waals surface area contributed by atoms with Crippen LogP contribution in [0.1, 0.15) is 24.8 Å². The lowest BCUT2D eigenvalue weighted by Crippen LogP contribution is -2.28. The average Bonchev–Trinajstić information content (AvgIpc) is 3.27. The Morgan fingerprint density at radius 3 is 2.82 bits per heavy atom. The van der Waals surface area contributed by atoms with Gasteiger partial charge in [-0.25, -0.2) is 0 Å². The second kappa shape index (κ2) is 5.99. The van der Waals surface area contributed by atoms with Crippen molar-refractivity contribution in [3.8, 4) is 0 Å². The van der Waals surface area contributed by atoms with Gasteiger partial charge in [-0.05, 0) is 30.5 Å². The highest BCUT2D eigenvalue weighted by Gasteiger charge is 2.42. The molecule has 2 aliphatic rings. The maximum absolute atomic E-state index is 12.2. The maximum atomic E-state index is 12.2. The molecule has 0 bridgehead atoms. The van der Waals surface area contributed by atoms with Gasteiger partial charge in [-0.1, -0.05) is 12.1 Å². The first-order valence-corrected chi connectivity index (χ1v) is 7.77. The molecule has 1 amide bonds. The van der Waals surface area contributed by atoms with Crippen LogP contribution in [0, 0.1) is 5.92 Å². The number of anilines is 1. The van der Waals surface area contributed by atoms with Crippen molar-refractivity contribution in [2.75, 3.05) is 25.5 Å². The van der Waals surface area contributed by atoms with Gasteiger partial charge in [0.2, 0.25) is 5.91 Å². The third-order valence-corrected chi connectivity index (χ3v) is 4.29. The van der Waals surface area contributed by atoms with E-state index in [-0.39, 0.29) is 24.4 Å². The second-order valence-electron chi connectivity index (χ2n) is 6.35. The van der Waals surface area contributed by atoms with Gasteiger partial charge in [0, 0.05) is 38.8 Å². The summed E-state index contributed by atoms with van der Waals surface area (Å²) in [6.45, 7) is 0.786. The smallest absolute Gasteiger partial charge is 0.311 e. The molecule has 2 fully saturated rings. The number of hydrogen-bond donors (Lipinski definition) is 0. The molecule has 3 rings (SSSR count). The van der Waals surface area contributed by atoms with Gasteiger partial charge in [-0.15, -0.1) is 0 Å². The molecule has 22 heavy (non-hydrogen) atoms. The second-order valence-corrected chi connectivity index (χ2v) is 6.35. The lowest BCUT2D eigenvalue weighted by molar-refractivity contribution is -0.149. The van der Waals surface area contributed by atoms with Crippen molar-refractivity contribution in [2.45, 2.75) is 31.9 Å². The van der Waals surface area contributed by atoms with E-state index in [2.05, 4.69) is 0 Å². The SMILES string of the molecule is CN(C)c1cccc(COC(=O)[C@@H]2CC(=O)N(C3CC3)C2)c1. The van der Waals surface area contributed by atoms with E-state index in [1.54, 1.807) is 0 Å². The topological polar surface area (TPSA) is 49.9 Å². The minimum absolute atomic E-state index is 0.0963. The highest BCUT2D eigenvalue weighted by atomic mass is 16.5. The summed E-state index contributed by atoms with van der Waals surface area (Å²) < 4.78 is 5.41. The Bertz CT molecular complexity index is 581. The standard InChI is InChI=1S/C17H22N2O3/c1-18(2)15-5-3-4-12(8-15)11-22-17(21)13-9-16(20)19(10-13)14-6-7-14/h3-5,8,13-14H,6-7,9-11H2,1-2H3/t13-/m1/s1. The third-order valence-electron chi connectivity index (χ3n) is 4.29. The van der Waals surface area contributed by atoms with Gasteiger partial charge in [0.05, 0.1) is 5.92 Å². The molecule has 1 atom stereocenters. The molecule has 1 aromatic rings. The lowest BCUT2D eigenvalue weighted by Gasteiger charge is -2.15. The van der Waals surface area contributed by atoms with E-state index >= 15 is 0 Å². The van der Waals surface area contributed by atoms with Crippen molar-refractivity contribution in [3.63, 3.8) is 0 Å². The number of carbonyl (C=O) groups is 2. The molecular formula is C17H22N2O3. The van der Waals surface area contributed by atoms with Gasteiger partial charge in [-0.3, -0.25) is 9.59 Å². The van der Waals surface area contributed by atoms with Gasteiger partial charge < -0.3 is 14.5 Å². The van der Waals surface area contributed by atoms with Gasteiger partial charge in [0.25, 0.3) is 0 Å². The first-order valence-electron chi connectivity index (χ1n) is 7.77.